The van der Waals surface area contributed by atoms with Gasteiger partial charge in [0.1, 0.15) is 0 Å². The molecule has 1 fully saturated rings. The summed E-state index contributed by atoms with van der Waals surface area (Å²) in [6.07, 6.45) is 1.13. The van der Waals surface area contributed by atoms with Crippen LogP contribution in [-0.4, -0.2) is 31.7 Å². The van der Waals surface area contributed by atoms with Gasteiger partial charge in [-0.25, -0.2) is 13.4 Å². The molecule has 4 nitrogen and oxygen atoms in total. The Labute approximate surface area is 195 Å². The molecule has 1 aliphatic rings. The number of piperidine rings is 1. The third-order valence-electron chi connectivity index (χ3n) is 5.51. The molecule has 0 spiro atoms. The van der Waals surface area contributed by atoms with Gasteiger partial charge in [0.2, 0.25) is 0 Å². The SMILES string of the molecule is Cc1ccc(C)c(-c2csc(N3CCC(S(=O)(=O)c4ccc(Br)cc4Cl)CC3)n2)c1. The van der Waals surface area contributed by atoms with Crippen molar-refractivity contribution in [3.8, 4) is 11.3 Å². The van der Waals surface area contributed by atoms with Crippen molar-refractivity contribution in [2.45, 2.75) is 36.8 Å². The number of hydrogen-bond donors (Lipinski definition) is 0. The summed E-state index contributed by atoms with van der Waals surface area (Å²) in [4.78, 5) is 7.25. The standard InChI is InChI=1S/C22H22BrClN2O2S2/c1-14-3-4-15(2)18(11-14)20-13-29-22(25-20)26-9-7-17(8-10-26)30(27,28)21-6-5-16(23)12-19(21)24/h3-6,11-13,17H,7-10H2,1-2H3. The molecular weight excluding hydrogens is 504 g/mol. The average molecular weight is 526 g/mol. The first-order valence-electron chi connectivity index (χ1n) is 9.73. The van der Waals surface area contributed by atoms with E-state index in [2.05, 4.69) is 58.3 Å². The van der Waals surface area contributed by atoms with Crippen LogP contribution >= 0.6 is 38.9 Å². The predicted octanol–water partition coefficient (Wildman–Crippen LogP) is 6.29. The molecule has 1 aromatic heterocycles. The zero-order valence-corrected chi connectivity index (χ0v) is 20.7. The number of aryl methyl sites for hydroxylation is 2. The van der Waals surface area contributed by atoms with Crippen LogP contribution in [0, 0.1) is 13.8 Å². The van der Waals surface area contributed by atoms with Crippen LogP contribution in [0.2, 0.25) is 5.02 Å². The van der Waals surface area contributed by atoms with E-state index < -0.39 is 15.1 Å². The summed E-state index contributed by atoms with van der Waals surface area (Å²) >= 11 is 11.2. The van der Waals surface area contributed by atoms with Gasteiger partial charge in [-0.1, -0.05) is 45.2 Å². The van der Waals surface area contributed by atoms with Crippen molar-refractivity contribution in [3.05, 3.63) is 62.4 Å². The van der Waals surface area contributed by atoms with Crippen LogP contribution in [0.25, 0.3) is 11.3 Å². The fraction of sp³-hybridized carbons (Fsp3) is 0.318. The van der Waals surface area contributed by atoms with Gasteiger partial charge in [-0.3, -0.25) is 0 Å². The van der Waals surface area contributed by atoms with Crippen LogP contribution in [0.15, 0.2) is 51.1 Å². The van der Waals surface area contributed by atoms with E-state index in [4.69, 9.17) is 16.6 Å². The molecule has 4 rings (SSSR count). The van der Waals surface area contributed by atoms with E-state index in [0.29, 0.717) is 25.9 Å². The Balaban J connectivity index is 1.49. The first kappa shape index (κ1) is 21.8. The van der Waals surface area contributed by atoms with Crippen molar-refractivity contribution in [2.75, 3.05) is 18.0 Å². The smallest absolute Gasteiger partial charge is 0.185 e. The number of anilines is 1. The Morgan fingerprint density at radius 3 is 2.57 bits per heavy atom. The predicted molar refractivity (Wildman–Crippen MR) is 129 cm³/mol. The number of thiazole rings is 1. The Morgan fingerprint density at radius 1 is 1.13 bits per heavy atom. The Kier molecular flexibility index (Phi) is 6.26. The molecular formula is C22H22BrClN2O2S2. The second-order valence-electron chi connectivity index (χ2n) is 7.64. The van der Waals surface area contributed by atoms with Crippen LogP contribution in [0.4, 0.5) is 5.13 Å². The summed E-state index contributed by atoms with van der Waals surface area (Å²) in [5.41, 5.74) is 4.55. The van der Waals surface area contributed by atoms with Crippen LogP contribution in [0.3, 0.4) is 0 Å². The lowest BCUT2D eigenvalue weighted by molar-refractivity contribution is 0.529. The highest BCUT2D eigenvalue weighted by atomic mass is 79.9. The van der Waals surface area contributed by atoms with Crippen molar-refractivity contribution in [1.82, 2.24) is 4.98 Å². The van der Waals surface area contributed by atoms with Crippen molar-refractivity contribution in [2.24, 2.45) is 0 Å². The fourth-order valence-electron chi connectivity index (χ4n) is 3.79. The molecule has 0 N–H and O–H groups in total. The minimum Gasteiger partial charge on any atom is -0.348 e. The number of nitrogens with zero attached hydrogens (tertiary/aromatic N) is 2. The Hall–Kier alpha value is -1.41. The molecule has 1 aliphatic heterocycles. The summed E-state index contributed by atoms with van der Waals surface area (Å²) in [5.74, 6) is 0. The average Bonchev–Trinajstić information content (AvgIpc) is 3.19. The molecule has 2 aromatic carbocycles. The van der Waals surface area contributed by atoms with E-state index in [-0.39, 0.29) is 9.92 Å². The number of rotatable bonds is 4. The third kappa shape index (κ3) is 4.31. The summed E-state index contributed by atoms with van der Waals surface area (Å²) in [5, 5.41) is 2.88. The molecule has 30 heavy (non-hydrogen) atoms. The molecule has 0 aliphatic carbocycles. The summed E-state index contributed by atoms with van der Waals surface area (Å²) in [7, 11) is -3.46. The van der Waals surface area contributed by atoms with Crippen molar-refractivity contribution in [1.29, 1.82) is 0 Å². The normalized spacial score (nSPS) is 15.5. The highest BCUT2D eigenvalue weighted by molar-refractivity contribution is 9.10. The summed E-state index contributed by atoms with van der Waals surface area (Å²) in [6.45, 7) is 5.51. The molecule has 3 aromatic rings. The molecule has 0 amide bonds. The maximum atomic E-state index is 13.1. The Bertz CT molecular complexity index is 1190. The first-order valence-corrected chi connectivity index (χ1v) is 13.3. The van der Waals surface area contributed by atoms with Gasteiger partial charge < -0.3 is 4.90 Å². The van der Waals surface area contributed by atoms with Gasteiger partial charge in [0, 0.05) is 28.5 Å². The number of sulfone groups is 1. The van der Waals surface area contributed by atoms with Gasteiger partial charge in [0.15, 0.2) is 15.0 Å². The Morgan fingerprint density at radius 2 is 1.87 bits per heavy atom. The fourth-order valence-corrected chi connectivity index (χ4v) is 7.44. The second-order valence-corrected chi connectivity index (χ2v) is 12.0. The van der Waals surface area contributed by atoms with E-state index in [1.807, 2.05) is 0 Å². The molecule has 0 saturated carbocycles. The molecule has 0 atom stereocenters. The molecule has 0 radical (unpaired) electrons. The summed E-state index contributed by atoms with van der Waals surface area (Å²) < 4.78 is 26.9. The lowest BCUT2D eigenvalue weighted by Gasteiger charge is -2.31. The highest BCUT2D eigenvalue weighted by Crippen LogP contribution is 2.35. The monoisotopic (exact) mass is 524 g/mol. The van der Waals surface area contributed by atoms with Gasteiger partial charge in [-0.2, -0.15) is 0 Å². The van der Waals surface area contributed by atoms with Gasteiger partial charge in [0.25, 0.3) is 0 Å². The van der Waals surface area contributed by atoms with Crippen LogP contribution in [-0.2, 0) is 9.84 Å². The molecule has 158 valence electrons. The molecule has 0 unspecified atom stereocenters. The van der Waals surface area contributed by atoms with E-state index >= 15 is 0 Å². The van der Waals surface area contributed by atoms with Crippen molar-refractivity contribution < 1.29 is 8.42 Å². The topological polar surface area (TPSA) is 50.3 Å². The zero-order valence-electron chi connectivity index (χ0n) is 16.7. The number of hydrogen-bond acceptors (Lipinski definition) is 5. The van der Waals surface area contributed by atoms with Crippen molar-refractivity contribution >= 4 is 53.8 Å². The molecule has 2 heterocycles. The maximum Gasteiger partial charge on any atom is 0.185 e. The molecule has 8 heteroatoms. The molecule has 1 saturated heterocycles. The maximum absolute atomic E-state index is 13.1. The number of halogens is 2. The number of aromatic nitrogens is 1. The minimum absolute atomic E-state index is 0.220. The van der Waals surface area contributed by atoms with Crippen LogP contribution < -0.4 is 4.90 Å². The van der Waals surface area contributed by atoms with Crippen LogP contribution in [0.1, 0.15) is 24.0 Å². The minimum atomic E-state index is -3.46. The van der Waals surface area contributed by atoms with E-state index in [9.17, 15) is 8.42 Å². The van der Waals surface area contributed by atoms with Gasteiger partial charge >= 0.3 is 0 Å². The third-order valence-corrected chi connectivity index (χ3v) is 9.65. The summed E-state index contributed by atoms with van der Waals surface area (Å²) in [6, 6.07) is 11.3. The largest absolute Gasteiger partial charge is 0.348 e. The first-order chi connectivity index (χ1) is 14.3. The van der Waals surface area contributed by atoms with Crippen LogP contribution in [0.5, 0.6) is 0 Å². The van der Waals surface area contributed by atoms with Gasteiger partial charge in [-0.05, 0) is 56.5 Å². The van der Waals surface area contributed by atoms with E-state index in [0.717, 1.165) is 20.9 Å². The lowest BCUT2D eigenvalue weighted by Crippen LogP contribution is -2.39. The van der Waals surface area contributed by atoms with Crippen molar-refractivity contribution in [3.63, 3.8) is 0 Å². The zero-order chi connectivity index (χ0) is 21.5. The lowest BCUT2D eigenvalue weighted by atomic mass is 10.0. The second kappa shape index (κ2) is 8.61. The van der Waals surface area contributed by atoms with E-state index in [1.165, 1.54) is 11.1 Å². The quantitative estimate of drug-likeness (QED) is 0.402. The van der Waals surface area contributed by atoms with Gasteiger partial charge in [-0.15, -0.1) is 11.3 Å². The molecule has 0 bridgehead atoms. The highest BCUT2D eigenvalue weighted by Gasteiger charge is 2.33. The number of benzene rings is 2. The van der Waals surface area contributed by atoms with Gasteiger partial charge in [0.05, 0.1) is 20.9 Å². The van der Waals surface area contributed by atoms with E-state index in [1.54, 1.807) is 29.5 Å².